The van der Waals surface area contributed by atoms with Crippen LogP contribution in [0.4, 0.5) is 27.8 Å². The highest BCUT2D eigenvalue weighted by Gasteiger charge is 2.64. The number of hydrogen-bond acceptors (Lipinski definition) is 5. The molecule has 7 nitrogen and oxygen atoms in total. The molecule has 36 heavy (non-hydrogen) atoms. The van der Waals surface area contributed by atoms with Gasteiger partial charge in [0, 0.05) is 5.56 Å². The Morgan fingerprint density at radius 2 is 1.83 bits per heavy atom. The summed E-state index contributed by atoms with van der Waals surface area (Å²) >= 11 is 0. The monoisotopic (exact) mass is 510 g/mol. The molecule has 3 aromatic rings. The van der Waals surface area contributed by atoms with Crippen LogP contribution in [0.15, 0.2) is 42.6 Å². The molecule has 0 aliphatic heterocycles. The van der Waals surface area contributed by atoms with E-state index in [1.165, 1.54) is 33.1 Å². The third kappa shape index (κ3) is 3.94. The van der Waals surface area contributed by atoms with Crippen LogP contribution in [0.1, 0.15) is 47.8 Å². The lowest BCUT2D eigenvalue weighted by Crippen LogP contribution is -2.60. The van der Waals surface area contributed by atoms with Crippen LogP contribution in [0.25, 0.3) is 5.69 Å². The third-order valence-electron chi connectivity index (χ3n) is 6.41. The first-order chi connectivity index (χ1) is 16.7. The normalized spacial score (nSPS) is 21.1. The van der Waals surface area contributed by atoms with Crippen LogP contribution in [0.2, 0.25) is 0 Å². The zero-order chi connectivity index (χ0) is 26.6. The van der Waals surface area contributed by atoms with Crippen molar-refractivity contribution in [3.05, 3.63) is 70.9 Å². The number of methoxy groups -OCH3 is 1. The molecule has 0 saturated heterocycles. The second-order valence-corrected chi connectivity index (χ2v) is 9.27. The number of alkyl halides is 3. The van der Waals surface area contributed by atoms with Gasteiger partial charge in [0.25, 0.3) is 5.91 Å². The first-order valence-corrected chi connectivity index (χ1v) is 10.8. The lowest BCUT2D eigenvalue weighted by atomic mass is 9.63. The molecule has 1 aliphatic carbocycles. The van der Waals surface area contributed by atoms with Crippen molar-refractivity contribution in [1.82, 2.24) is 15.1 Å². The number of amides is 1. The fourth-order valence-corrected chi connectivity index (χ4v) is 4.82. The molecule has 192 valence electrons. The minimum atomic E-state index is -5.16. The number of anilines is 1. The van der Waals surface area contributed by atoms with Crippen molar-refractivity contribution in [3.63, 3.8) is 0 Å². The second-order valence-electron chi connectivity index (χ2n) is 9.27. The number of nitrogens with zero attached hydrogens (tertiary/aromatic N) is 2. The van der Waals surface area contributed by atoms with E-state index in [0.29, 0.717) is 5.69 Å². The molecule has 2 unspecified atom stereocenters. The van der Waals surface area contributed by atoms with Gasteiger partial charge in [-0.25, -0.2) is 13.5 Å². The first-order valence-electron chi connectivity index (χ1n) is 10.8. The topological polar surface area (TPSA) is 102 Å². The molecule has 4 N–H and O–H groups in total. The van der Waals surface area contributed by atoms with E-state index in [-0.39, 0.29) is 28.3 Å². The summed E-state index contributed by atoms with van der Waals surface area (Å²) in [6.07, 6.45) is -5.00. The van der Waals surface area contributed by atoms with Crippen LogP contribution in [-0.4, -0.2) is 39.7 Å². The first kappa shape index (κ1) is 25.4. The maximum atomic E-state index is 14.5. The smallest absolute Gasteiger partial charge is 0.419 e. The maximum absolute atomic E-state index is 14.5. The number of nitrogens with two attached hydrogens (primary N) is 1. The van der Waals surface area contributed by atoms with E-state index in [0.717, 1.165) is 35.1 Å². The summed E-state index contributed by atoms with van der Waals surface area (Å²) in [5.41, 5.74) is 1.24. The zero-order valence-corrected chi connectivity index (χ0v) is 19.5. The predicted octanol–water partition coefficient (Wildman–Crippen LogP) is 4.19. The minimum absolute atomic E-state index is 0.0965. The number of carbonyl (C=O) groups excluding carboxylic acids is 1. The number of hydrogen-bond donors (Lipinski definition) is 3. The number of fused-ring (bicyclic) bond motifs is 1. The highest BCUT2D eigenvalue weighted by Crippen LogP contribution is 2.55. The fraction of sp³-hybridized carbons (Fsp3) is 0.333. The summed E-state index contributed by atoms with van der Waals surface area (Å²) in [5.74, 6) is -2.86. The highest BCUT2D eigenvalue weighted by atomic mass is 19.4. The van der Waals surface area contributed by atoms with Crippen molar-refractivity contribution in [1.29, 1.82) is 0 Å². The Morgan fingerprint density at radius 1 is 1.19 bits per heavy atom. The van der Waals surface area contributed by atoms with E-state index in [9.17, 15) is 31.9 Å². The molecule has 1 aliphatic rings. The largest absolute Gasteiger partial charge is 0.493 e. The number of nitrogens with one attached hydrogen (secondary N) is 1. The Kier molecular flexibility index (Phi) is 5.98. The Labute approximate surface area is 202 Å². The van der Waals surface area contributed by atoms with Gasteiger partial charge in [0.05, 0.1) is 25.0 Å². The van der Waals surface area contributed by atoms with Crippen LogP contribution < -0.4 is 15.8 Å². The summed E-state index contributed by atoms with van der Waals surface area (Å²) in [6, 6.07) is 4.97. The molecule has 0 fully saturated rings. The average Bonchev–Trinajstić information content (AvgIpc) is 3.17. The Hall–Kier alpha value is -3.67. The lowest BCUT2D eigenvalue weighted by Gasteiger charge is -2.48. The number of halogens is 5. The average molecular weight is 510 g/mol. The zero-order valence-electron chi connectivity index (χ0n) is 19.5. The lowest BCUT2D eigenvalue weighted by molar-refractivity contribution is -0.280. The highest BCUT2D eigenvalue weighted by molar-refractivity contribution is 5.98. The third-order valence-corrected chi connectivity index (χ3v) is 6.41. The molecule has 1 aromatic heterocycles. The SMILES string of the molecule is COc1c(F)ccc2c1C(C)(C)CC(O)(C(F)(F)F)C2NC(=O)c1cnn(-c2ccc(F)cc2)c1N. The fourth-order valence-electron chi connectivity index (χ4n) is 4.82. The summed E-state index contributed by atoms with van der Waals surface area (Å²) in [5, 5.41) is 17.2. The van der Waals surface area contributed by atoms with E-state index >= 15 is 0 Å². The van der Waals surface area contributed by atoms with Gasteiger partial charge >= 0.3 is 6.18 Å². The molecule has 0 bridgehead atoms. The van der Waals surface area contributed by atoms with Crippen molar-refractivity contribution in [2.75, 3.05) is 12.8 Å². The summed E-state index contributed by atoms with van der Waals surface area (Å²) < 4.78 is 76.9. The molecule has 0 spiro atoms. The van der Waals surface area contributed by atoms with Crippen LogP contribution >= 0.6 is 0 Å². The molecular weight excluding hydrogens is 487 g/mol. The van der Waals surface area contributed by atoms with Crippen molar-refractivity contribution in [2.45, 2.75) is 43.5 Å². The van der Waals surface area contributed by atoms with Gasteiger partial charge in [-0.15, -0.1) is 0 Å². The van der Waals surface area contributed by atoms with Crippen molar-refractivity contribution in [3.8, 4) is 11.4 Å². The van der Waals surface area contributed by atoms with Crippen molar-refractivity contribution >= 4 is 11.7 Å². The van der Waals surface area contributed by atoms with E-state index < -0.39 is 47.2 Å². The molecule has 1 heterocycles. The van der Waals surface area contributed by atoms with E-state index in [2.05, 4.69) is 10.4 Å². The van der Waals surface area contributed by atoms with Gasteiger partial charge in [0.1, 0.15) is 17.2 Å². The van der Waals surface area contributed by atoms with Gasteiger partial charge in [-0.05, 0) is 47.7 Å². The van der Waals surface area contributed by atoms with E-state index in [4.69, 9.17) is 10.5 Å². The minimum Gasteiger partial charge on any atom is -0.493 e. The number of ether oxygens (including phenoxy) is 1. The molecule has 2 atom stereocenters. The van der Waals surface area contributed by atoms with Crippen molar-refractivity contribution in [2.24, 2.45) is 0 Å². The number of aromatic nitrogens is 2. The van der Waals surface area contributed by atoms with Crippen LogP contribution in [-0.2, 0) is 5.41 Å². The predicted molar refractivity (Wildman–Crippen MR) is 120 cm³/mol. The Balaban J connectivity index is 1.81. The van der Waals surface area contributed by atoms with E-state index in [1.807, 2.05) is 0 Å². The summed E-state index contributed by atoms with van der Waals surface area (Å²) in [7, 11) is 1.18. The Morgan fingerprint density at radius 3 is 2.42 bits per heavy atom. The maximum Gasteiger partial charge on any atom is 0.419 e. The van der Waals surface area contributed by atoms with Crippen LogP contribution in [0.5, 0.6) is 5.75 Å². The number of rotatable bonds is 4. The van der Waals surface area contributed by atoms with Gasteiger partial charge in [0.15, 0.2) is 17.2 Å². The molecule has 4 rings (SSSR count). The van der Waals surface area contributed by atoms with E-state index in [1.54, 1.807) is 0 Å². The van der Waals surface area contributed by atoms with Gasteiger partial charge < -0.3 is 20.9 Å². The quantitative estimate of drug-likeness (QED) is 0.457. The molecule has 1 amide bonds. The second kappa shape index (κ2) is 8.47. The molecular formula is C24H23F5N4O3. The summed E-state index contributed by atoms with van der Waals surface area (Å²) in [4.78, 5) is 13.2. The molecule has 12 heteroatoms. The van der Waals surface area contributed by atoms with Gasteiger partial charge in [-0.1, -0.05) is 19.9 Å². The van der Waals surface area contributed by atoms with Crippen LogP contribution in [0, 0.1) is 11.6 Å². The molecule has 2 aromatic carbocycles. The summed E-state index contributed by atoms with van der Waals surface area (Å²) in [6.45, 7) is 2.85. The molecule has 0 saturated carbocycles. The number of carbonyl (C=O) groups is 1. The Bertz CT molecular complexity index is 1320. The van der Waals surface area contributed by atoms with Gasteiger partial charge in [-0.3, -0.25) is 4.79 Å². The van der Waals surface area contributed by atoms with Crippen LogP contribution in [0.3, 0.4) is 0 Å². The van der Waals surface area contributed by atoms with Crippen molar-refractivity contribution < 1.29 is 36.6 Å². The van der Waals surface area contributed by atoms with Gasteiger partial charge in [-0.2, -0.15) is 18.3 Å². The standard InChI is InChI=1S/C24H23F5N4O3/c1-22(2)11-23(35,24(27,28)29)19(14-8-9-16(26)18(36-3)17(14)22)32-21(34)15-10-31-33(20(15)30)13-6-4-12(25)5-7-13/h4-10,19,35H,11,30H2,1-3H3,(H,32,34). The number of aliphatic hydroxyl groups is 1. The molecule has 0 radical (unpaired) electrons. The number of nitrogen functional groups attached to an aromatic ring is 1. The number of benzene rings is 2. The van der Waals surface area contributed by atoms with Gasteiger partial charge in [0.2, 0.25) is 0 Å².